The van der Waals surface area contributed by atoms with Crippen LogP contribution in [0.3, 0.4) is 0 Å². The number of likely N-dealkylation sites (N-methyl/N-ethyl adjacent to an activating group) is 4. The monoisotopic (exact) mass is 2640 g/mol. The minimum absolute atomic E-state index is 0. The van der Waals surface area contributed by atoms with Gasteiger partial charge in [0.2, 0.25) is 47.3 Å². The van der Waals surface area contributed by atoms with Crippen molar-refractivity contribution in [1.29, 1.82) is 0 Å². The van der Waals surface area contributed by atoms with E-state index in [-0.39, 0.29) is 395 Å². The van der Waals surface area contributed by atoms with Crippen molar-refractivity contribution in [2.75, 3.05) is 393 Å². The molecule has 10 N–H and O–H groups in total. The van der Waals surface area contributed by atoms with Crippen LogP contribution in [0.15, 0.2) is 0 Å². The number of carbonyl (C=O) groups excluding carboxylic acids is 14. The quantitative estimate of drug-likeness (QED) is 0.0270. The zero-order valence-electron chi connectivity index (χ0n) is 82.6. The summed E-state index contributed by atoms with van der Waals surface area (Å²) < 4.78 is 0. The number of carboxylic acids is 12. The van der Waals surface area contributed by atoms with Gasteiger partial charge in [-0.2, -0.15) is 0 Å². The van der Waals surface area contributed by atoms with E-state index in [1.54, 1.807) is 19.6 Å². The van der Waals surface area contributed by atoms with Crippen molar-refractivity contribution in [2.24, 2.45) is 5.41 Å². The minimum atomic E-state index is -1.90. The average molecular weight is 2640 g/mol. The first-order valence-electron chi connectivity index (χ1n) is 47.0. The summed E-state index contributed by atoms with van der Waals surface area (Å²) in [5.41, 5.74) is -1.90. The van der Waals surface area contributed by atoms with Gasteiger partial charge in [-0.25, -0.2) is 0 Å². The molecule has 4 aliphatic heterocycles. The fourth-order valence-electron chi connectivity index (χ4n) is 16.2. The van der Waals surface area contributed by atoms with Crippen molar-refractivity contribution >= 4 is 119 Å². The predicted octanol–water partition coefficient (Wildman–Crippen LogP) is -20.3. The van der Waals surface area contributed by atoms with Gasteiger partial charge in [-0.15, -0.1) is 0 Å². The van der Waals surface area contributed by atoms with Crippen molar-refractivity contribution in [3.63, 3.8) is 0 Å². The predicted molar refractivity (Wildman–Crippen MR) is 482 cm³/mol. The van der Waals surface area contributed by atoms with Gasteiger partial charge in [0, 0.05) is 306 Å². The van der Waals surface area contributed by atoms with Crippen LogP contribution < -0.4 is 51.9 Å². The summed E-state index contributed by atoms with van der Waals surface area (Å²) in [5, 5.41) is 142. The zero-order valence-corrected chi connectivity index (χ0v) is 91.7. The standard InChI is InChI=1S/C85H148N24O32.4Gd/c1-5-106(69(114)45-90-9-17-94(49-73(118)119)25-33-102(57-81(134)135)34-26-95(18-10-90)50-74(120)121)41-65(110)86-61-85(62-87-66(111)42-107(6-2)70(115)46-91-11-19-96(51-75(122)123)27-35-103(58-82(136)137)36-28-97(20-12-91)52-76(124)125,63-88-67(112)43-108(7-3)71(116)47-92-13-21-98(53-77(126)127)29-37-104(59-83(138)139)38-30-99(22-14-92)54-78(128)129)64-89-68(113)44-109(8-4)72(117)48-93-15-23-100(55-79(130)131)31-39-105(60-84(140)141)40-32-101(24-16-93)56-80(132)133;;;;/h5-64H2,1-4H3,(H,86,110)(H,87,111)(H,88,112)(H,89,113)(H,118,119)(H,120,121)(H,122,123)(H,124,125)(H,126,127)(H,128,129)(H,130,131)(H,132,133)(H,134,135)(H,136,137)(H,138,139)(H,140,141);;;;/q;4*+3/p-6. The van der Waals surface area contributed by atoms with E-state index in [1.807, 2.05) is 0 Å². The van der Waals surface area contributed by atoms with Crippen LogP contribution in [0.1, 0.15) is 27.7 Å². The number of rotatable bonds is 52. The molecule has 0 aromatic rings. The fourth-order valence-corrected chi connectivity index (χ4v) is 16.2. The van der Waals surface area contributed by atoms with Gasteiger partial charge < -0.3 is 131 Å². The van der Waals surface area contributed by atoms with Gasteiger partial charge in [-0.3, -0.25) is 146 Å². The molecule has 145 heavy (non-hydrogen) atoms. The zero-order chi connectivity index (χ0) is 105. The Bertz CT molecular complexity index is 3490. The van der Waals surface area contributed by atoms with Crippen molar-refractivity contribution < 1.29 is 317 Å². The number of hydrogen-bond donors (Lipinski definition) is 10. The number of carbonyl (C=O) groups is 20. The maximum atomic E-state index is 14.9. The van der Waals surface area contributed by atoms with Crippen LogP contribution in [0, 0.1) is 165 Å². The van der Waals surface area contributed by atoms with Crippen LogP contribution in [-0.2, 0) is 95.9 Å². The molecule has 0 atom stereocenters. The second-order valence-corrected chi connectivity index (χ2v) is 35.3. The van der Waals surface area contributed by atoms with Gasteiger partial charge in [0.05, 0.1) is 127 Å². The van der Waals surface area contributed by atoms with E-state index < -0.39 is 281 Å². The largest absolute Gasteiger partial charge is 3.00 e. The molecule has 4 fully saturated rings. The molecule has 0 saturated carbocycles. The van der Waals surface area contributed by atoms with E-state index in [0.717, 1.165) is 19.6 Å². The topological polar surface area (TPSA) is 714 Å². The molecule has 8 amide bonds. The molecule has 4 heterocycles. The Labute approximate surface area is 970 Å². The molecule has 56 nitrogen and oxygen atoms in total. The van der Waals surface area contributed by atoms with E-state index in [1.165, 1.54) is 86.5 Å². The second kappa shape index (κ2) is 76.6. The van der Waals surface area contributed by atoms with Gasteiger partial charge in [0.15, 0.2) is 0 Å². The summed E-state index contributed by atoms with van der Waals surface area (Å²) in [6.07, 6.45) is 0. The van der Waals surface area contributed by atoms with Crippen LogP contribution in [0.5, 0.6) is 0 Å². The Morgan fingerprint density at radius 2 is 0.303 bits per heavy atom. The second-order valence-electron chi connectivity index (χ2n) is 35.3. The fraction of sp³-hybridized carbons (Fsp3) is 0.765. The molecule has 4 radical (unpaired) electrons. The van der Waals surface area contributed by atoms with Crippen molar-refractivity contribution in [2.45, 2.75) is 27.7 Å². The molecule has 0 aromatic carbocycles. The summed E-state index contributed by atoms with van der Waals surface area (Å²) in [5.74, 6) is -22.4. The molecule has 4 saturated heterocycles. The minimum Gasteiger partial charge on any atom is -0.549 e. The normalized spacial score (nSPS) is 17.6. The molecular formula is C85H142Gd4N24O32+6. The maximum Gasteiger partial charge on any atom is 3.00 e. The van der Waals surface area contributed by atoms with Gasteiger partial charge in [-0.05, 0) is 27.7 Å². The summed E-state index contributed by atoms with van der Waals surface area (Å²) in [4.78, 5) is 291. The smallest absolute Gasteiger partial charge is 0.549 e. The molecule has 0 bridgehead atoms. The summed E-state index contributed by atoms with van der Waals surface area (Å²) in [7, 11) is 0. The first kappa shape index (κ1) is 139. The maximum absolute atomic E-state index is 14.9. The van der Waals surface area contributed by atoms with Crippen LogP contribution in [0.4, 0.5) is 0 Å². The molecule has 4 rings (SSSR count). The van der Waals surface area contributed by atoms with Crippen LogP contribution >= 0.6 is 0 Å². The Morgan fingerprint density at radius 3 is 0.400 bits per heavy atom. The van der Waals surface area contributed by atoms with E-state index in [9.17, 15) is 157 Å². The molecule has 60 heteroatoms. The Kier molecular flexibility index (Phi) is 73.4. The number of amides is 8. The number of hydrogen-bond acceptors (Lipinski definition) is 42. The first-order chi connectivity index (χ1) is 66.7. The van der Waals surface area contributed by atoms with Gasteiger partial charge in [0.25, 0.3) is 0 Å². The van der Waals surface area contributed by atoms with E-state index in [0.29, 0.717) is 0 Å². The SMILES string of the molecule is CCN(CC(=O)NCC(CNC(=O)CN(CC)C(=O)CN1CCN(CC(=O)[O-])CCN(CC(=O)[O-])CCN(CC(=O)O)CC1)(CNC(=O)CN(CC)C(=O)CN1CCN(CC(=O)[O-])CCN(CC(=O)O)CCN(CC(=O)O)CC1)CNC(=O)CN(CC)C(=O)CN1CCN(CC(=O)[O-])CCN(CC(=O)O)CCN(CC(=O)O)CC1)C(=O)CN1CCN(CC(=O)[O-])CCN(CC(=O)[O-])CCN(CC(=O)O)CC1.[Gd+3].[Gd+3].[Gd+3].[Gd+3]. The van der Waals surface area contributed by atoms with Crippen molar-refractivity contribution in [1.82, 2.24) is 119 Å². The average Bonchev–Trinajstić information content (AvgIpc) is 0.836. The van der Waals surface area contributed by atoms with Crippen LogP contribution in [0.2, 0.25) is 0 Å². The number of aliphatic carboxylic acids is 12. The number of nitrogens with one attached hydrogen (secondary N) is 4. The molecular weight excluding hydrogens is 2500 g/mol. The Balaban J connectivity index is 0.0000518. The Morgan fingerprint density at radius 1 is 0.200 bits per heavy atom. The summed E-state index contributed by atoms with van der Waals surface area (Å²) in [6, 6.07) is 0. The van der Waals surface area contributed by atoms with Crippen LogP contribution in [-0.4, -0.2) is 640 Å². The number of nitrogens with zero attached hydrogens (tertiary/aromatic N) is 20. The van der Waals surface area contributed by atoms with Crippen molar-refractivity contribution in [3.05, 3.63) is 0 Å². The Hall–Kier alpha value is -5.94. The molecule has 820 valence electrons. The summed E-state index contributed by atoms with van der Waals surface area (Å²) in [6.45, 7) is -8.29. The van der Waals surface area contributed by atoms with Gasteiger partial charge >= 0.3 is 196 Å². The first-order valence-corrected chi connectivity index (χ1v) is 47.0. The molecule has 0 aromatic heterocycles. The summed E-state index contributed by atoms with van der Waals surface area (Å²) >= 11 is 0. The molecule has 4 aliphatic rings. The third-order valence-corrected chi connectivity index (χ3v) is 24.3. The van der Waals surface area contributed by atoms with E-state index in [2.05, 4.69) is 21.3 Å². The molecule has 0 unspecified atom stereocenters. The van der Waals surface area contributed by atoms with Gasteiger partial charge in [0.1, 0.15) is 0 Å². The third-order valence-electron chi connectivity index (χ3n) is 24.3. The van der Waals surface area contributed by atoms with E-state index >= 15 is 0 Å². The van der Waals surface area contributed by atoms with Crippen molar-refractivity contribution in [3.8, 4) is 0 Å². The number of carboxylic acid groups (broad SMARTS) is 12. The van der Waals surface area contributed by atoms with Gasteiger partial charge in [-0.1, -0.05) is 0 Å². The van der Waals surface area contributed by atoms with Crippen LogP contribution in [0.25, 0.3) is 0 Å². The molecule has 0 spiro atoms. The van der Waals surface area contributed by atoms with E-state index in [4.69, 9.17) is 0 Å². The third kappa shape index (κ3) is 62.6. The molecule has 0 aliphatic carbocycles.